The SMILES string of the molecule is C[C@H]1C[C@H]1c1c(Cl)cc(O)cc1-c1ncc2c(N3C[C@H]4CC[C@@H](C3)N4)nc(OC[C@@]34CCCN3C/C(=C\F)C4)nc2c1F. The van der Waals surface area contributed by atoms with Crippen LogP contribution >= 0.6 is 11.6 Å². The highest BCUT2D eigenvalue weighted by Crippen LogP contribution is 2.53. The first-order valence-electron chi connectivity index (χ1n) is 15.4. The maximum atomic E-state index is 16.7. The minimum Gasteiger partial charge on any atom is -0.508 e. The Bertz CT molecular complexity index is 1640. The highest BCUT2D eigenvalue weighted by atomic mass is 35.5. The van der Waals surface area contributed by atoms with E-state index in [4.69, 9.17) is 21.3 Å². The molecule has 4 saturated heterocycles. The van der Waals surface area contributed by atoms with Gasteiger partial charge < -0.3 is 20.1 Å². The summed E-state index contributed by atoms with van der Waals surface area (Å²) in [6, 6.07) is 3.85. The molecule has 2 bridgehead atoms. The fraction of sp³-hybridized carbons (Fsp3) is 0.531. The molecule has 1 aliphatic carbocycles. The highest BCUT2D eigenvalue weighted by Gasteiger charge is 2.47. The lowest BCUT2D eigenvalue weighted by molar-refractivity contribution is 0.108. The Kier molecular flexibility index (Phi) is 6.54. The summed E-state index contributed by atoms with van der Waals surface area (Å²) in [5.74, 6) is 0.571. The zero-order valence-electron chi connectivity index (χ0n) is 24.1. The third-order valence-electron chi connectivity index (χ3n) is 10.3. The molecule has 4 aliphatic heterocycles. The van der Waals surface area contributed by atoms with Crippen molar-refractivity contribution in [3.8, 4) is 23.0 Å². The van der Waals surface area contributed by atoms with Gasteiger partial charge in [-0.1, -0.05) is 18.5 Å². The Balaban J connectivity index is 1.23. The van der Waals surface area contributed by atoms with Gasteiger partial charge in [-0.25, -0.2) is 8.78 Å². The number of fused-ring (bicyclic) bond motifs is 4. The lowest BCUT2D eigenvalue weighted by Crippen LogP contribution is -2.51. The average molecular weight is 609 g/mol. The Morgan fingerprint density at radius 2 is 2.02 bits per heavy atom. The Morgan fingerprint density at radius 3 is 2.77 bits per heavy atom. The van der Waals surface area contributed by atoms with Crippen molar-refractivity contribution >= 4 is 28.3 Å². The molecule has 1 aromatic carbocycles. The molecule has 0 spiro atoms. The number of halogens is 3. The summed E-state index contributed by atoms with van der Waals surface area (Å²) in [5, 5.41) is 15.0. The number of hydrogen-bond acceptors (Lipinski definition) is 8. The number of piperazine rings is 1. The van der Waals surface area contributed by atoms with E-state index < -0.39 is 5.82 Å². The summed E-state index contributed by atoms with van der Waals surface area (Å²) < 4.78 is 36.5. The number of anilines is 1. The number of ether oxygens (including phenoxy) is 1. The van der Waals surface area contributed by atoms with E-state index >= 15 is 4.39 Å². The van der Waals surface area contributed by atoms with Crippen molar-refractivity contribution < 1.29 is 18.6 Å². The summed E-state index contributed by atoms with van der Waals surface area (Å²) >= 11 is 6.61. The highest BCUT2D eigenvalue weighted by molar-refractivity contribution is 6.32. The van der Waals surface area contributed by atoms with Crippen LogP contribution in [0.4, 0.5) is 14.6 Å². The third kappa shape index (κ3) is 4.64. The third-order valence-corrected chi connectivity index (χ3v) is 10.6. The van der Waals surface area contributed by atoms with Gasteiger partial charge in [-0.3, -0.25) is 9.88 Å². The van der Waals surface area contributed by atoms with E-state index in [9.17, 15) is 9.50 Å². The van der Waals surface area contributed by atoms with Gasteiger partial charge >= 0.3 is 6.01 Å². The van der Waals surface area contributed by atoms with Gasteiger partial charge in [-0.2, -0.15) is 9.97 Å². The molecule has 0 unspecified atom stereocenters. The molecule has 0 amide bonds. The molecule has 6 heterocycles. The van der Waals surface area contributed by atoms with Crippen molar-refractivity contribution in [2.75, 3.05) is 37.7 Å². The van der Waals surface area contributed by atoms with E-state index in [1.807, 2.05) is 0 Å². The van der Waals surface area contributed by atoms with Crippen LogP contribution in [0, 0.1) is 11.7 Å². The van der Waals surface area contributed by atoms with Crippen LogP contribution in [0.3, 0.4) is 0 Å². The first-order valence-corrected chi connectivity index (χ1v) is 15.8. The van der Waals surface area contributed by atoms with E-state index in [0.717, 1.165) is 69.2 Å². The molecular weight excluding hydrogens is 574 g/mol. The van der Waals surface area contributed by atoms with Crippen LogP contribution in [0.1, 0.15) is 56.9 Å². The number of pyridine rings is 1. The zero-order valence-corrected chi connectivity index (χ0v) is 24.9. The fourth-order valence-corrected chi connectivity index (χ4v) is 8.39. The summed E-state index contributed by atoms with van der Waals surface area (Å²) in [7, 11) is 0. The topological polar surface area (TPSA) is 86.6 Å². The summed E-state index contributed by atoms with van der Waals surface area (Å²) in [4.78, 5) is 18.6. The number of phenolic OH excluding ortho intramolecular Hbond substituents is 1. The molecule has 0 radical (unpaired) electrons. The van der Waals surface area contributed by atoms with E-state index in [-0.39, 0.29) is 34.4 Å². The van der Waals surface area contributed by atoms with Gasteiger partial charge in [0.1, 0.15) is 29.4 Å². The normalized spacial score (nSPS) is 30.9. The second-order valence-electron chi connectivity index (χ2n) is 13.2. The summed E-state index contributed by atoms with van der Waals surface area (Å²) in [6.45, 7) is 5.43. The molecule has 8 nitrogen and oxygen atoms in total. The fourth-order valence-electron chi connectivity index (χ4n) is 8.04. The molecule has 226 valence electrons. The maximum Gasteiger partial charge on any atom is 0.319 e. The maximum absolute atomic E-state index is 16.7. The van der Waals surface area contributed by atoms with Crippen LogP contribution in [0.2, 0.25) is 5.02 Å². The van der Waals surface area contributed by atoms with Crippen LogP contribution in [-0.2, 0) is 0 Å². The molecule has 5 atom stereocenters. The predicted molar refractivity (Wildman–Crippen MR) is 161 cm³/mol. The largest absolute Gasteiger partial charge is 0.508 e. The van der Waals surface area contributed by atoms with Gasteiger partial charge in [0, 0.05) is 48.5 Å². The molecule has 11 heteroatoms. The van der Waals surface area contributed by atoms with E-state index in [0.29, 0.717) is 59.4 Å². The number of aromatic nitrogens is 3. The van der Waals surface area contributed by atoms with Crippen molar-refractivity contribution in [1.82, 2.24) is 25.2 Å². The van der Waals surface area contributed by atoms with Gasteiger partial charge in [-0.05, 0) is 80.2 Å². The first kappa shape index (κ1) is 27.5. The van der Waals surface area contributed by atoms with Gasteiger partial charge in [0.25, 0.3) is 0 Å². The second-order valence-corrected chi connectivity index (χ2v) is 13.7. The average Bonchev–Trinajstić information content (AvgIpc) is 3.26. The molecule has 1 saturated carbocycles. The Hall–Kier alpha value is -3.08. The predicted octanol–water partition coefficient (Wildman–Crippen LogP) is 5.72. The van der Waals surface area contributed by atoms with Crippen molar-refractivity contribution in [2.24, 2.45) is 5.92 Å². The zero-order chi connectivity index (χ0) is 29.5. The number of aromatic hydroxyl groups is 1. The Morgan fingerprint density at radius 1 is 1.23 bits per heavy atom. The minimum absolute atomic E-state index is 0.0410. The lowest BCUT2D eigenvalue weighted by Gasteiger charge is -2.34. The van der Waals surface area contributed by atoms with Crippen LogP contribution in [0.15, 0.2) is 30.2 Å². The number of hydrogen-bond donors (Lipinski definition) is 2. The van der Waals surface area contributed by atoms with Crippen LogP contribution in [0.25, 0.3) is 22.2 Å². The van der Waals surface area contributed by atoms with Gasteiger partial charge in [0.2, 0.25) is 0 Å². The molecule has 3 aromatic rings. The first-order chi connectivity index (χ1) is 20.8. The number of nitrogens with one attached hydrogen (secondary N) is 1. The smallest absolute Gasteiger partial charge is 0.319 e. The van der Waals surface area contributed by atoms with E-state index in [1.165, 1.54) is 6.07 Å². The van der Waals surface area contributed by atoms with Crippen molar-refractivity contribution in [3.63, 3.8) is 0 Å². The van der Waals surface area contributed by atoms with Crippen molar-refractivity contribution in [2.45, 2.75) is 69.0 Å². The second kappa shape index (κ2) is 10.2. The molecular formula is C32H35ClF2N6O2. The Labute approximate surface area is 254 Å². The lowest BCUT2D eigenvalue weighted by atomic mass is 9.94. The van der Waals surface area contributed by atoms with Crippen LogP contribution in [0.5, 0.6) is 11.8 Å². The van der Waals surface area contributed by atoms with Crippen LogP contribution in [-0.4, -0.2) is 75.4 Å². The number of nitrogens with zero attached hydrogens (tertiary/aromatic N) is 5. The summed E-state index contributed by atoms with van der Waals surface area (Å²) in [6.07, 6.45) is 8.01. The van der Waals surface area contributed by atoms with Gasteiger partial charge in [0.05, 0.1) is 17.3 Å². The monoisotopic (exact) mass is 608 g/mol. The molecule has 8 rings (SSSR count). The van der Waals surface area contributed by atoms with Crippen LogP contribution < -0.4 is 15.0 Å². The minimum atomic E-state index is -0.593. The molecule has 5 aliphatic rings. The van der Waals surface area contributed by atoms with E-state index in [2.05, 4.69) is 32.0 Å². The molecule has 2 aromatic heterocycles. The van der Waals surface area contributed by atoms with Crippen molar-refractivity contribution in [1.29, 1.82) is 0 Å². The van der Waals surface area contributed by atoms with E-state index in [1.54, 1.807) is 12.3 Å². The standard InChI is InChI=1S/C32H35ClF2N6O2/c1-17-7-22(17)26-23(8-21(42)9-25(26)33)28-27(35)29-24(12-36-28)30(40-14-19-3-4-20(15-40)37-19)39-31(38-29)43-16-32-5-2-6-41(32)13-18(10-32)11-34/h8-9,11-12,17,19-20,22,37,42H,2-7,10,13-16H2,1H3/b18-11-/t17-,19-,20+,22+,32-/m0/s1. The molecule has 43 heavy (non-hydrogen) atoms. The number of benzene rings is 1. The number of rotatable bonds is 6. The molecule has 2 N–H and O–H groups in total. The summed E-state index contributed by atoms with van der Waals surface area (Å²) in [5.41, 5.74) is 1.98. The van der Waals surface area contributed by atoms with Gasteiger partial charge in [0.15, 0.2) is 5.82 Å². The molecule has 5 fully saturated rings. The quantitative estimate of drug-likeness (QED) is 0.367. The van der Waals surface area contributed by atoms with Gasteiger partial charge in [-0.15, -0.1) is 0 Å². The van der Waals surface area contributed by atoms with Crippen molar-refractivity contribution in [3.05, 3.63) is 46.6 Å². The number of phenols is 1.